The largest absolute Gasteiger partial charge is 0.480 e. The first-order chi connectivity index (χ1) is 9.38. The van der Waals surface area contributed by atoms with Crippen LogP contribution in [0.25, 0.3) is 0 Å². The Balaban J connectivity index is 3.21. The van der Waals surface area contributed by atoms with Crippen LogP contribution in [0.5, 0.6) is 0 Å². The number of methoxy groups -OCH3 is 1. The van der Waals surface area contributed by atoms with Gasteiger partial charge < -0.3 is 14.7 Å². The van der Waals surface area contributed by atoms with E-state index in [1.54, 1.807) is 17.9 Å². The van der Waals surface area contributed by atoms with Crippen molar-refractivity contribution in [3.63, 3.8) is 0 Å². The molecule has 20 heavy (non-hydrogen) atoms. The van der Waals surface area contributed by atoms with Gasteiger partial charge in [0.1, 0.15) is 12.4 Å². The minimum absolute atomic E-state index is 0.0223. The number of carbonyl (C=O) groups is 2. The average molecular weight is 281 g/mol. The lowest BCUT2D eigenvalue weighted by Crippen LogP contribution is -2.38. The summed E-state index contributed by atoms with van der Waals surface area (Å²) < 4.78 is 4.60. The van der Waals surface area contributed by atoms with Crippen molar-refractivity contribution in [2.75, 3.05) is 18.6 Å². The molecule has 1 atom stereocenters. The fourth-order valence-electron chi connectivity index (χ4n) is 1.71. The molecule has 0 saturated carbocycles. The van der Waals surface area contributed by atoms with Crippen LogP contribution in [0.4, 0.5) is 5.82 Å². The highest BCUT2D eigenvalue weighted by atomic mass is 16.5. The maximum absolute atomic E-state index is 11.5. The summed E-state index contributed by atoms with van der Waals surface area (Å²) in [4.78, 5) is 32.2. The Bertz CT molecular complexity index is 504. The van der Waals surface area contributed by atoms with Gasteiger partial charge in [0.2, 0.25) is 5.82 Å². The summed E-state index contributed by atoms with van der Waals surface area (Å²) in [5.74, 6) is -1.26. The van der Waals surface area contributed by atoms with E-state index in [2.05, 4.69) is 14.7 Å². The number of carboxylic acids is 1. The van der Waals surface area contributed by atoms with Gasteiger partial charge in [-0.15, -0.1) is 0 Å². The second kappa shape index (κ2) is 6.83. The van der Waals surface area contributed by atoms with Crippen LogP contribution in [-0.4, -0.2) is 46.7 Å². The molecule has 0 bridgehead atoms. The standard InChI is InChI=1S/C13H19N3O4/c1-5-9(3)16(7-11(17)18)10-6-8(2)14-12(15-10)13(19)20-4/h6,9H,5,7H2,1-4H3,(H,17,18). The van der Waals surface area contributed by atoms with Gasteiger partial charge in [0, 0.05) is 17.8 Å². The van der Waals surface area contributed by atoms with Crippen LogP contribution in [0.2, 0.25) is 0 Å². The number of aromatic nitrogens is 2. The number of carboxylic acid groups (broad SMARTS) is 1. The highest BCUT2D eigenvalue weighted by Gasteiger charge is 2.20. The molecule has 0 aliphatic carbocycles. The van der Waals surface area contributed by atoms with E-state index in [1.165, 1.54) is 7.11 Å². The van der Waals surface area contributed by atoms with E-state index in [9.17, 15) is 9.59 Å². The number of ether oxygens (including phenoxy) is 1. The lowest BCUT2D eigenvalue weighted by molar-refractivity contribution is -0.135. The molecule has 1 heterocycles. The van der Waals surface area contributed by atoms with Crippen molar-refractivity contribution in [1.29, 1.82) is 0 Å². The zero-order valence-electron chi connectivity index (χ0n) is 12.1. The second-order valence-corrected chi connectivity index (χ2v) is 4.46. The fourth-order valence-corrected chi connectivity index (χ4v) is 1.71. The molecule has 0 aliphatic heterocycles. The number of carbonyl (C=O) groups excluding carboxylic acids is 1. The van der Waals surface area contributed by atoms with Crippen LogP contribution in [0.3, 0.4) is 0 Å². The van der Waals surface area contributed by atoms with E-state index < -0.39 is 11.9 Å². The molecule has 7 nitrogen and oxygen atoms in total. The summed E-state index contributed by atoms with van der Waals surface area (Å²) in [5.41, 5.74) is 0.578. The van der Waals surface area contributed by atoms with Crippen molar-refractivity contribution in [2.24, 2.45) is 0 Å². The molecule has 7 heteroatoms. The normalized spacial score (nSPS) is 11.8. The summed E-state index contributed by atoms with van der Waals surface area (Å²) >= 11 is 0. The third-order valence-electron chi connectivity index (χ3n) is 2.93. The predicted octanol–water partition coefficient (Wildman–Crippen LogP) is 1.26. The van der Waals surface area contributed by atoms with Crippen molar-refractivity contribution in [1.82, 2.24) is 9.97 Å². The molecule has 1 aromatic rings. The molecule has 0 spiro atoms. The zero-order valence-corrected chi connectivity index (χ0v) is 12.1. The highest BCUT2D eigenvalue weighted by Crippen LogP contribution is 2.17. The Hall–Kier alpha value is -2.18. The van der Waals surface area contributed by atoms with E-state index in [4.69, 9.17) is 5.11 Å². The number of nitrogens with zero attached hydrogens (tertiary/aromatic N) is 3. The number of aliphatic carboxylic acids is 1. The third kappa shape index (κ3) is 3.91. The van der Waals surface area contributed by atoms with E-state index in [0.717, 1.165) is 6.42 Å². The molecular formula is C13H19N3O4. The van der Waals surface area contributed by atoms with Crippen LogP contribution in [-0.2, 0) is 9.53 Å². The first kappa shape index (κ1) is 15.9. The van der Waals surface area contributed by atoms with Gasteiger partial charge in [0.15, 0.2) is 0 Å². The van der Waals surface area contributed by atoms with E-state index in [1.807, 2.05) is 13.8 Å². The number of aryl methyl sites for hydroxylation is 1. The molecule has 0 aromatic carbocycles. The SMILES string of the molecule is CCC(C)N(CC(=O)O)c1cc(C)nc(C(=O)OC)n1. The van der Waals surface area contributed by atoms with Gasteiger partial charge in [-0.3, -0.25) is 4.79 Å². The Morgan fingerprint density at radius 2 is 2.10 bits per heavy atom. The number of hydrogen-bond donors (Lipinski definition) is 1. The number of anilines is 1. The topological polar surface area (TPSA) is 92.6 Å². The summed E-state index contributed by atoms with van der Waals surface area (Å²) in [6, 6.07) is 1.63. The Labute approximate surface area is 117 Å². The molecule has 0 saturated heterocycles. The van der Waals surface area contributed by atoms with Crippen LogP contribution >= 0.6 is 0 Å². The van der Waals surface area contributed by atoms with Gasteiger partial charge in [0.05, 0.1) is 7.11 Å². The van der Waals surface area contributed by atoms with Gasteiger partial charge in [-0.05, 0) is 20.3 Å². The molecule has 0 fully saturated rings. The minimum Gasteiger partial charge on any atom is -0.480 e. The number of esters is 1. The highest BCUT2D eigenvalue weighted by molar-refractivity contribution is 5.85. The zero-order chi connectivity index (χ0) is 15.3. The second-order valence-electron chi connectivity index (χ2n) is 4.46. The van der Waals surface area contributed by atoms with Gasteiger partial charge >= 0.3 is 11.9 Å². The van der Waals surface area contributed by atoms with Crippen molar-refractivity contribution in [3.05, 3.63) is 17.6 Å². The quantitative estimate of drug-likeness (QED) is 0.784. The van der Waals surface area contributed by atoms with Crippen LogP contribution in [0.15, 0.2) is 6.07 Å². The summed E-state index contributed by atoms with van der Waals surface area (Å²) in [7, 11) is 1.25. The minimum atomic E-state index is -0.957. The monoisotopic (exact) mass is 281 g/mol. The van der Waals surface area contributed by atoms with Crippen molar-refractivity contribution >= 4 is 17.8 Å². The number of rotatable bonds is 6. The first-order valence-electron chi connectivity index (χ1n) is 6.31. The van der Waals surface area contributed by atoms with Gasteiger partial charge in [0.25, 0.3) is 0 Å². The van der Waals surface area contributed by atoms with Crippen LogP contribution < -0.4 is 4.90 Å². The van der Waals surface area contributed by atoms with Crippen molar-refractivity contribution in [2.45, 2.75) is 33.2 Å². The predicted molar refractivity (Wildman–Crippen MR) is 72.8 cm³/mol. The maximum Gasteiger partial charge on any atom is 0.376 e. The van der Waals surface area contributed by atoms with Crippen molar-refractivity contribution in [3.8, 4) is 0 Å². The Morgan fingerprint density at radius 1 is 1.45 bits per heavy atom. The summed E-state index contributed by atoms with van der Waals surface area (Å²) in [6.45, 7) is 5.38. The maximum atomic E-state index is 11.5. The average Bonchev–Trinajstić information content (AvgIpc) is 2.42. The smallest absolute Gasteiger partial charge is 0.376 e. The van der Waals surface area contributed by atoms with E-state index in [0.29, 0.717) is 11.5 Å². The van der Waals surface area contributed by atoms with E-state index in [-0.39, 0.29) is 18.4 Å². The van der Waals surface area contributed by atoms with Gasteiger partial charge in [-0.2, -0.15) is 0 Å². The third-order valence-corrected chi connectivity index (χ3v) is 2.93. The Kier molecular flexibility index (Phi) is 5.42. The molecular weight excluding hydrogens is 262 g/mol. The first-order valence-corrected chi connectivity index (χ1v) is 6.31. The van der Waals surface area contributed by atoms with E-state index >= 15 is 0 Å². The summed E-state index contributed by atoms with van der Waals surface area (Å²) in [5, 5.41) is 9.01. The lowest BCUT2D eigenvalue weighted by atomic mass is 10.2. The number of hydrogen-bond acceptors (Lipinski definition) is 6. The molecule has 1 unspecified atom stereocenters. The lowest BCUT2D eigenvalue weighted by Gasteiger charge is -2.28. The fraction of sp³-hybridized carbons (Fsp3) is 0.538. The molecule has 1 N–H and O–H groups in total. The molecule has 110 valence electrons. The molecule has 0 radical (unpaired) electrons. The summed E-state index contributed by atoms with van der Waals surface area (Å²) in [6.07, 6.45) is 0.754. The van der Waals surface area contributed by atoms with Crippen LogP contribution in [0.1, 0.15) is 36.6 Å². The molecule has 1 rings (SSSR count). The molecule has 1 aromatic heterocycles. The molecule has 0 amide bonds. The van der Waals surface area contributed by atoms with Crippen molar-refractivity contribution < 1.29 is 19.4 Å². The molecule has 0 aliphatic rings. The Morgan fingerprint density at radius 3 is 2.60 bits per heavy atom. The van der Waals surface area contributed by atoms with Gasteiger partial charge in [-0.1, -0.05) is 6.92 Å². The van der Waals surface area contributed by atoms with Gasteiger partial charge in [-0.25, -0.2) is 14.8 Å². The van der Waals surface area contributed by atoms with Crippen LogP contribution in [0, 0.1) is 6.92 Å².